The molecule has 0 aromatic carbocycles. The molecule has 6 aliphatic heterocycles. The molecule has 6 rings (SSSR count). The Hall–Kier alpha value is -3.07. The van der Waals surface area contributed by atoms with Crippen LogP contribution in [-0.4, -0.2) is 175 Å². The Balaban J connectivity index is -0.00000124. The van der Waals surface area contributed by atoms with E-state index in [0.717, 1.165) is 0 Å². The molecule has 0 bridgehead atoms. The summed E-state index contributed by atoms with van der Waals surface area (Å²) in [4.78, 5) is 117. The molecule has 0 aromatic rings. The summed E-state index contributed by atoms with van der Waals surface area (Å²) in [6.45, 7) is 40.2. The summed E-state index contributed by atoms with van der Waals surface area (Å²) >= 11 is 7.16. The zero-order chi connectivity index (χ0) is 75.4. The van der Waals surface area contributed by atoms with Gasteiger partial charge in [0.25, 0.3) is 12.2 Å². The first-order chi connectivity index (χ1) is 44.0. The van der Waals surface area contributed by atoms with E-state index in [2.05, 4.69) is 9.62 Å². The van der Waals surface area contributed by atoms with Crippen LogP contribution in [0.25, 0.3) is 0 Å². The molecule has 3 fully saturated rings. The molecular weight excluding hydrogens is 1510 g/mol. The van der Waals surface area contributed by atoms with Crippen molar-refractivity contribution in [2.45, 2.75) is 220 Å². The number of rotatable bonds is 16. The first-order valence-corrected chi connectivity index (χ1v) is 32.1. The van der Waals surface area contributed by atoms with Crippen molar-refractivity contribution in [3.63, 3.8) is 0 Å². The second-order valence-electron chi connectivity index (χ2n) is 28.9. The summed E-state index contributed by atoms with van der Waals surface area (Å²) in [5.41, 5.74) is -3.85. The van der Waals surface area contributed by atoms with Gasteiger partial charge in [-0.3, -0.25) is 33.6 Å². The van der Waals surface area contributed by atoms with Crippen LogP contribution in [0.15, 0.2) is 34.6 Å². The topological polar surface area (TPSA) is 410 Å². The average Bonchev–Trinajstić information content (AvgIpc) is 1.65. The number of carbonyl (C=O) groups excluding carboxylic acids is 10. The van der Waals surface area contributed by atoms with Crippen molar-refractivity contribution in [3.05, 3.63) is 34.6 Å². The van der Waals surface area contributed by atoms with Crippen LogP contribution in [0.5, 0.6) is 0 Å². The Morgan fingerprint density at radius 2 is 0.778 bits per heavy atom. The third-order valence-corrected chi connectivity index (χ3v) is 12.7. The van der Waals surface area contributed by atoms with Crippen molar-refractivity contribution >= 4 is 94.4 Å². The van der Waals surface area contributed by atoms with E-state index in [0.29, 0.717) is 4.61 Å². The Kier molecular flexibility index (Phi) is 41.2. The van der Waals surface area contributed by atoms with Crippen LogP contribution in [-0.2, 0) is 138 Å². The summed E-state index contributed by atoms with van der Waals surface area (Å²) in [7, 11) is 0. The van der Waals surface area contributed by atoms with Crippen molar-refractivity contribution in [2.75, 3.05) is 50.9 Å². The third-order valence-electron chi connectivity index (χ3n) is 12.3. The fourth-order valence-electron chi connectivity index (χ4n) is 7.09. The predicted molar refractivity (Wildman–Crippen MR) is 340 cm³/mol. The van der Waals surface area contributed by atoms with E-state index in [1.165, 1.54) is 0 Å². The van der Waals surface area contributed by atoms with Crippen molar-refractivity contribution in [3.8, 4) is 0 Å². The molecular formula is C63H98ClIK2O32. The molecule has 6 aliphatic rings. The number of halogens is 2. The van der Waals surface area contributed by atoms with E-state index < -0.39 is 155 Å². The first kappa shape index (κ1) is 98.0. The molecule has 0 amide bonds. The van der Waals surface area contributed by atoms with Crippen molar-refractivity contribution in [1.29, 1.82) is 0 Å². The zero-order valence-corrected chi connectivity index (χ0v) is 70.8. The Morgan fingerprint density at radius 1 is 0.495 bits per heavy atom. The van der Waals surface area contributed by atoms with Crippen LogP contribution in [0.4, 0.5) is 0 Å². The number of aliphatic hydroxyl groups is 2. The van der Waals surface area contributed by atoms with Crippen LogP contribution >= 0.6 is 34.2 Å². The van der Waals surface area contributed by atoms with Gasteiger partial charge in [-0.1, -0.05) is 11.6 Å². The molecule has 3 saturated heterocycles. The SMILES string of the molecule is CC(C)(C)C(=O)OCCl.CC(C)(C)C(=O)OCI.CC1(C)OCC(C2OC(=O)C(O)=C2O)O1.CC1(C)OCC(C2OC(=O)C(OC(=O)C(C)(C)C)=C2OCOC(=O)C(C)(C)C)O1.CC1(C)OCC(C2OC(=O)C(OCOC(=O)C(C)(C)C)=C2OCOC(=O)C(C)(C)C)O1.O=CO[O-].[H-].[K+].[K+]. The molecule has 36 heteroatoms. The molecule has 6 heterocycles. The largest absolute Gasteiger partial charge is 1.00 e. The van der Waals surface area contributed by atoms with Crippen LogP contribution in [0.1, 0.15) is 168 Å². The fraction of sp³-hybridized carbons (Fsp3) is 0.746. The van der Waals surface area contributed by atoms with Gasteiger partial charge in [0, 0.05) is 0 Å². The van der Waals surface area contributed by atoms with Gasteiger partial charge in [0.2, 0.25) is 31.9 Å². The summed E-state index contributed by atoms with van der Waals surface area (Å²) in [6, 6.07) is -0.0594. The minimum atomic E-state index is -1.000. The van der Waals surface area contributed by atoms with E-state index in [1.807, 2.05) is 43.4 Å². The van der Waals surface area contributed by atoms with Crippen LogP contribution < -0.4 is 108 Å². The fourth-order valence-corrected chi connectivity index (χ4v) is 7.47. The van der Waals surface area contributed by atoms with Gasteiger partial charge in [0.1, 0.15) is 22.9 Å². The van der Waals surface area contributed by atoms with Crippen molar-refractivity contribution in [2.24, 2.45) is 32.5 Å². The first-order valence-electron chi connectivity index (χ1n) is 30.0. The monoisotopic (exact) mass is 1610 g/mol. The van der Waals surface area contributed by atoms with Crippen LogP contribution in [0.3, 0.4) is 0 Å². The summed E-state index contributed by atoms with van der Waals surface area (Å²) in [6.07, 6.45) is -4.87. The zero-order valence-electron chi connectivity index (χ0n) is 62.6. The molecule has 99 heavy (non-hydrogen) atoms. The molecule has 32 nitrogen and oxygen atoms in total. The maximum Gasteiger partial charge on any atom is 1.00 e. The molecule has 2 N–H and O–H groups in total. The number of alkyl halides is 2. The second-order valence-corrected chi connectivity index (χ2v) is 29.8. The van der Waals surface area contributed by atoms with Gasteiger partial charge >= 0.3 is 156 Å². The molecule has 6 unspecified atom stereocenters. The van der Waals surface area contributed by atoms with Crippen molar-refractivity contribution in [1.82, 2.24) is 0 Å². The summed E-state index contributed by atoms with van der Waals surface area (Å²) in [5.74, 6) is -9.66. The standard InChI is InChI=1S/C21H32O10.C20H30O9.C9H12O6.C6H11ClO2.C6H11IO2.CH2O3.2K.H/c1-19(2,3)17(23)27-10-25-14-13(12-9-29-21(7,8)31-12)30-16(22)15(14)26-11-28-18(24)20(4,5)6;1-18(2,3)16(22)25-10-24-13-12(11-9-26-20(7,8)29-11)27-15(21)14(13)28-17(23)19(4,5)6;1-9(2)13-3-4(15-9)7-5(10)6(11)8(12)14-7;2*1-6(2,3)5(8)9-4-7;2-1-4-3;;;/h12-13H,9-11H2,1-8H3;11-12H,9-10H2,1-8H3;4,7,10-11H,3H2,1-2H3;2*4H2,1-3H3;1,3H;;;/q;;;;;;2*+1;-1/p-1. The number of cyclic esters (lactones) is 3. The summed E-state index contributed by atoms with van der Waals surface area (Å²) < 4.78 is 95.4. The molecule has 0 radical (unpaired) electrons. The normalized spacial score (nSPS) is 21.9. The minimum absolute atomic E-state index is 0. The number of ether oxygens (including phenoxy) is 18. The smallest absolute Gasteiger partial charge is 1.00 e. The van der Waals surface area contributed by atoms with E-state index >= 15 is 0 Å². The minimum Gasteiger partial charge on any atom is -1.00 e. The Morgan fingerprint density at radius 3 is 1.03 bits per heavy atom. The van der Waals surface area contributed by atoms with Gasteiger partial charge < -0.3 is 107 Å². The molecule has 558 valence electrons. The number of aliphatic hydroxyl groups excluding tert-OH is 2. The van der Waals surface area contributed by atoms with Crippen molar-refractivity contribution < 1.29 is 258 Å². The molecule has 6 atom stereocenters. The van der Waals surface area contributed by atoms with E-state index in [9.17, 15) is 48.3 Å². The maximum absolute atomic E-state index is 12.4. The van der Waals surface area contributed by atoms with E-state index in [1.54, 1.807) is 145 Å². The van der Waals surface area contributed by atoms with Crippen LogP contribution in [0, 0.1) is 32.5 Å². The van der Waals surface area contributed by atoms with Gasteiger partial charge in [-0.15, -0.1) is 0 Å². The second kappa shape index (κ2) is 41.6. The average molecular weight is 1610 g/mol. The molecule has 0 saturated carbocycles. The number of hydrogen-bond acceptors (Lipinski definition) is 32. The van der Waals surface area contributed by atoms with E-state index in [4.69, 9.17) is 107 Å². The van der Waals surface area contributed by atoms with Gasteiger partial charge in [0.15, 0.2) is 59.0 Å². The third kappa shape index (κ3) is 34.2. The summed E-state index contributed by atoms with van der Waals surface area (Å²) in [5, 5.41) is 26.9. The Labute approximate surface area is 682 Å². The molecule has 0 spiro atoms. The van der Waals surface area contributed by atoms with Crippen LogP contribution in [0.2, 0.25) is 0 Å². The van der Waals surface area contributed by atoms with E-state index in [-0.39, 0.29) is 177 Å². The number of hydrogen-bond donors (Lipinski definition) is 2. The van der Waals surface area contributed by atoms with Gasteiger partial charge in [-0.05, 0) is 189 Å². The van der Waals surface area contributed by atoms with Gasteiger partial charge in [-0.2, -0.15) is 0 Å². The van der Waals surface area contributed by atoms with Gasteiger partial charge in [0.05, 0.1) is 52.3 Å². The predicted octanol–water partition coefficient (Wildman–Crippen LogP) is 1.52. The quantitative estimate of drug-likeness (QED) is 0.0254. The number of carbonyl (C=O) groups is 10. The number of esters is 9. The Bertz CT molecular complexity index is 2830. The van der Waals surface area contributed by atoms with Gasteiger partial charge in [-0.25, -0.2) is 14.4 Å². The molecule has 0 aromatic heterocycles. The maximum atomic E-state index is 12.4. The molecule has 0 aliphatic carbocycles.